The van der Waals surface area contributed by atoms with Crippen molar-refractivity contribution in [1.29, 1.82) is 0 Å². The minimum absolute atomic E-state index is 0.176. The van der Waals surface area contributed by atoms with E-state index in [0.29, 0.717) is 10.0 Å². The standard InChI is InChI=1S/C9H10BrNO3/c1-4-6(9(13)14)8(12)11(3)5(2)7(4)10/h1-3H3,(H,13,14). The van der Waals surface area contributed by atoms with E-state index >= 15 is 0 Å². The third-order valence-electron chi connectivity index (χ3n) is 2.26. The first-order chi connectivity index (χ1) is 6.37. The van der Waals surface area contributed by atoms with Crippen molar-refractivity contribution in [2.24, 2.45) is 7.05 Å². The second kappa shape index (κ2) is 3.57. The van der Waals surface area contributed by atoms with Crippen LogP contribution in [-0.4, -0.2) is 15.6 Å². The number of aromatic carboxylic acids is 1. The molecule has 0 fully saturated rings. The molecule has 0 aliphatic rings. The molecule has 1 heterocycles. The van der Waals surface area contributed by atoms with Gasteiger partial charge in [-0.05, 0) is 35.3 Å². The van der Waals surface area contributed by atoms with Crippen molar-refractivity contribution >= 4 is 21.9 Å². The number of carboxylic acids is 1. The summed E-state index contributed by atoms with van der Waals surface area (Å²) in [5.74, 6) is -1.19. The molecule has 0 saturated carbocycles. The van der Waals surface area contributed by atoms with Crippen LogP contribution >= 0.6 is 15.9 Å². The minimum atomic E-state index is -1.19. The highest BCUT2D eigenvalue weighted by molar-refractivity contribution is 9.10. The van der Waals surface area contributed by atoms with E-state index in [2.05, 4.69) is 15.9 Å². The van der Waals surface area contributed by atoms with Crippen LogP contribution in [-0.2, 0) is 7.05 Å². The monoisotopic (exact) mass is 259 g/mol. The number of halogens is 1. The summed E-state index contributed by atoms with van der Waals surface area (Å²) in [5.41, 5.74) is 0.538. The quantitative estimate of drug-likeness (QED) is 0.831. The second-order valence-electron chi connectivity index (χ2n) is 3.07. The smallest absolute Gasteiger partial charge is 0.341 e. The molecule has 0 atom stereocenters. The number of carbonyl (C=O) groups is 1. The predicted molar refractivity (Wildman–Crippen MR) is 55.8 cm³/mol. The summed E-state index contributed by atoms with van der Waals surface area (Å²) in [5, 5.41) is 8.85. The maximum Gasteiger partial charge on any atom is 0.341 e. The van der Waals surface area contributed by atoms with E-state index in [0.717, 1.165) is 5.69 Å². The van der Waals surface area contributed by atoms with Gasteiger partial charge in [0.15, 0.2) is 0 Å². The third-order valence-corrected chi connectivity index (χ3v) is 3.43. The van der Waals surface area contributed by atoms with Crippen LogP contribution in [0.4, 0.5) is 0 Å². The average Bonchev–Trinajstić information content (AvgIpc) is 2.11. The van der Waals surface area contributed by atoms with E-state index in [1.807, 2.05) is 0 Å². The third kappa shape index (κ3) is 1.48. The highest BCUT2D eigenvalue weighted by Crippen LogP contribution is 2.20. The predicted octanol–water partition coefficient (Wildman–Crippen LogP) is 1.46. The Hall–Kier alpha value is -1.10. The topological polar surface area (TPSA) is 59.3 Å². The fraction of sp³-hybridized carbons (Fsp3) is 0.333. The Labute approximate surface area is 89.3 Å². The van der Waals surface area contributed by atoms with Crippen molar-refractivity contribution in [1.82, 2.24) is 4.57 Å². The summed E-state index contributed by atoms with van der Waals surface area (Å²) in [6, 6.07) is 0. The van der Waals surface area contributed by atoms with Crippen LogP contribution in [0.3, 0.4) is 0 Å². The van der Waals surface area contributed by atoms with Gasteiger partial charge in [0.1, 0.15) is 5.56 Å². The molecule has 1 aromatic rings. The lowest BCUT2D eigenvalue weighted by atomic mass is 10.1. The second-order valence-corrected chi connectivity index (χ2v) is 3.86. The van der Waals surface area contributed by atoms with Crippen LogP contribution in [0, 0.1) is 13.8 Å². The van der Waals surface area contributed by atoms with Crippen LogP contribution in [0.2, 0.25) is 0 Å². The van der Waals surface area contributed by atoms with E-state index < -0.39 is 11.5 Å². The zero-order valence-corrected chi connectivity index (χ0v) is 9.67. The number of carboxylic acid groups (broad SMARTS) is 1. The van der Waals surface area contributed by atoms with Gasteiger partial charge >= 0.3 is 5.97 Å². The first-order valence-corrected chi connectivity index (χ1v) is 4.76. The molecule has 4 nitrogen and oxygen atoms in total. The average molecular weight is 260 g/mol. The Bertz CT molecular complexity index is 462. The van der Waals surface area contributed by atoms with E-state index in [9.17, 15) is 9.59 Å². The summed E-state index contributed by atoms with van der Waals surface area (Å²) in [4.78, 5) is 22.4. The highest BCUT2D eigenvalue weighted by Gasteiger charge is 2.18. The number of aromatic nitrogens is 1. The first-order valence-electron chi connectivity index (χ1n) is 3.97. The Morgan fingerprint density at radius 1 is 1.43 bits per heavy atom. The van der Waals surface area contributed by atoms with E-state index in [1.165, 1.54) is 4.57 Å². The molecule has 0 amide bonds. The molecule has 1 N–H and O–H groups in total. The Balaban J connectivity index is 3.78. The first kappa shape index (κ1) is 11.0. The molecular weight excluding hydrogens is 250 g/mol. The molecule has 76 valence electrons. The molecule has 1 aromatic heterocycles. The summed E-state index contributed by atoms with van der Waals surface area (Å²) >= 11 is 3.26. The van der Waals surface area contributed by atoms with Gasteiger partial charge in [0, 0.05) is 17.2 Å². The van der Waals surface area contributed by atoms with Crippen molar-refractivity contribution in [3.05, 3.63) is 31.6 Å². The molecular formula is C9H10BrNO3. The maximum absolute atomic E-state index is 11.6. The van der Waals surface area contributed by atoms with Crippen LogP contribution < -0.4 is 5.56 Å². The van der Waals surface area contributed by atoms with Gasteiger partial charge in [-0.3, -0.25) is 4.79 Å². The van der Waals surface area contributed by atoms with Crippen molar-refractivity contribution < 1.29 is 9.90 Å². The van der Waals surface area contributed by atoms with E-state index in [1.54, 1.807) is 20.9 Å². The molecule has 14 heavy (non-hydrogen) atoms. The van der Waals surface area contributed by atoms with Gasteiger partial charge < -0.3 is 9.67 Å². The highest BCUT2D eigenvalue weighted by atomic mass is 79.9. The molecule has 0 aliphatic heterocycles. The van der Waals surface area contributed by atoms with Gasteiger partial charge in [-0.15, -0.1) is 0 Å². The molecule has 0 aromatic carbocycles. The summed E-state index contributed by atoms with van der Waals surface area (Å²) in [6.07, 6.45) is 0. The fourth-order valence-electron chi connectivity index (χ4n) is 1.26. The largest absolute Gasteiger partial charge is 0.477 e. The van der Waals surface area contributed by atoms with Crippen molar-refractivity contribution in [3.8, 4) is 0 Å². The Morgan fingerprint density at radius 2 is 1.93 bits per heavy atom. The lowest BCUT2D eigenvalue weighted by Crippen LogP contribution is -2.27. The summed E-state index contributed by atoms with van der Waals surface area (Å²) < 4.78 is 1.98. The van der Waals surface area contributed by atoms with Gasteiger partial charge in [-0.25, -0.2) is 4.79 Å². The number of hydrogen-bond donors (Lipinski definition) is 1. The fourth-order valence-corrected chi connectivity index (χ4v) is 1.72. The maximum atomic E-state index is 11.6. The van der Waals surface area contributed by atoms with E-state index in [4.69, 9.17) is 5.11 Å². The Kier molecular flexibility index (Phi) is 2.80. The van der Waals surface area contributed by atoms with Gasteiger partial charge in [-0.1, -0.05) is 0 Å². The SMILES string of the molecule is Cc1c(Br)c(C)n(C)c(=O)c1C(=O)O. The van der Waals surface area contributed by atoms with Gasteiger partial charge in [0.2, 0.25) is 0 Å². The number of nitrogens with zero attached hydrogens (tertiary/aromatic N) is 1. The van der Waals surface area contributed by atoms with Crippen LogP contribution in [0.1, 0.15) is 21.6 Å². The molecule has 0 spiro atoms. The zero-order valence-electron chi connectivity index (χ0n) is 8.09. The van der Waals surface area contributed by atoms with Gasteiger partial charge in [-0.2, -0.15) is 0 Å². The summed E-state index contributed by atoms with van der Waals surface area (Å²) in [6.45, 7) is 3.37. The van der Waals surface area contributed by atoms with Crippen LogP contribution in [0.25, 0.3) is 0 Å². The molecule has 0 unspecified atom stereocenters. The van der Waals surface area contributed by atoms with Crippen molar-refractivity contribution in [3.63, 3.8) is 0 Å². The van der Waals surface area contributed by atoms with Crippen LogP contribution in [0.5, 0.6) is 0 Å². The molecule has 0 radical (unpaired) electrons. The summed E-state index contributed by atoms with van der Waals surface area (Å²) in [7, 11) is 1.55. The molecule has 1 rings (SSSR count). The Morgan fingerprint density at radius 3 is 2.36 bits per heavy atom. The van der Waals surface area contributed by atoms with Crippen molar-refractivity contribution in [2.45, 2.75) is 13.8 Å². The molecule has 0 aliphatic carbocycles. The van der Waals surface area contributed by atoms with Gasteiger partial charge in [0.05, 0.1) is 0 Å². The normalized spacial score (nSPS) is 10.3. The number of rotatable bonds is 1. The lowest BCUT2D eigenvalue weighted by molar-refractivity contribution is 0.0693. The molecule has 0 saturated heterocycles. The molecule has 0 bridgehead atoms. The van der Waals surface area contributed by atoms with Crippen LogP contribution in [0.15, 0.2) is 9.27 Å². The minimum Gasteiger partial charge on any atom is -0.477 e. The van der Waals surface area contributed by atoms with Crippen molar-refractivity contribution in [2.75, 3.05) is 0 Å². The number of hydrogen-bond acceptors (Lipinski definition) is 2. The molecule has 5 heteroatoms. The number of pyridine rings is 1. The zero-order chi connectivity index (χ0) is 11.0. The van der Waals surface area contributed by atoms with Gasteiger partial charge in [0.25, 0.3) is 5.56 Å². The van der Waals surface area contributed by atoms with E-state index in [-0.39, 0.29) is 5.56 Å². The lowest BCUT2D eigenvalue weighted by Gasteiger charge is -2.10.